The van der Waals surface area contributed by atoms with Gasteiger partial charge in [0.25, 0.3) is 0 Å². The normalized spacial score (nSPS) is 12.4. The molecule has 1 atom stereocenters. The number of amides is 1. The van der Waals surface area contributed by atoms with Gasteiger partial charge in [-0.05, 0) is 12.5 Å². The largest absolute Gasteiger partial charge is 0.507 e. The van der Waals surface area contributed by atoms with Crippen LogP contribution in [-0.4, -0.2) is 11.0 Å². The molecule has 0 spiro atoms. The number of aryl methyl sites for hydroxylation is 1. The summed E-state index contributed by atoms with van der Waals surface area (Å²) >= 11 is 0. The summed E-state index contributed by atoms with van der Waals surface area (Å²) in [6.07, 6.45) is 0.0387. The zero-order valence-corrected chi connectivity index (χ0v) is 8.03. The van der Waals surface area contributed by atoms with E-state index in [9.17, 15) is 9.90 Å². The maximum atomic E-state index is 10.6. The molecule has 1 aromatic carbocycles. The third-order valence-corrected chi connectivity index (χ3v) is 2.09. The first-order chi connectivity index (χ1) is 6.52. The van der Waals surface area contributed by atoms with E-state index in [-0.39, 0.29) is 12.2 Å². The number of benzene rings is 1. The van der Waals surface area contributed by atoms with Crippen molar-refractivity contribution in [3.05, 3.63) is 29.3 Å². The van der Waals surface area contributed by atoms with Crippen molar-refractivity contribution in [2.45, 2.75) is 19.4 Å². The summed E-state index contributed by atoms with van der Waals surface area (Å²) in [4.78, 5) is 10.6. The zero-order valence-electron chi connectivity index (χ0n) is 8.03. The van der Waals surface area contributed by atoms with Gasteiger partial charge < -0.3 is 16.6 Å². The van der Waals surface area contributed by atoms with Gasteiger partial charge in [0.05, 0.1) is 0 Å². The number of carbonyl (C=O) groups excluding carboxylic acids is 1. The Balaban J connectivity index is 2.95. The fourth-order valence-electron chi connectivity index (χ4n) is 1.31. The highest BCUT2D eigenvalue weighted by atomic mass is 16.3. The number of phenolic OH excluding ortho intramolecular Hbond substituents is 1. The number of primary amides is 1. The van der Waals surface area contributed by atoms with Gasteiger partial charge in [-0.2, -0.15) is 0 Å². The van der Waals surface area contributed by atoms with Crippen molar-refractivity contribution in [1.29, 1.82) is 0 Å². The number of aromatic hydroxyl groups is 1. The lowest BCUT2D eigenvalue weighted by Gasteiger charge is -2.12. The fourth-order valence-corrected chi connectivity index (χ4v) is 1.31. The van der Waals surface area contributed by atoms with Crippen LogP contribution in [0.3, 0.4) is 0 Å². The number of rotatable bonds is 3. The van der Waals surface area contributed by atoms with Gasteiger partial charge in [0.15, 0.2) is 0 Å². The Hall–Kier alpha value is -1.55. The second-order valence-electron chi connectivity index (χ2n) is 3.29. The first kappa shape index (κ1) is 10.5. The molecular weight excluding hydrogens is 180 g/mol. The van der Waals surface area contributed by atoms with Gasteiger partial charge in [0.1, 0.15) is 5.75 Å². The minimum atomic E-state index is -0.535. The Morgan fingerprint density at radius 2 is 2.21 bits per heavy atom. The molecule has 1 aromatic rings. The van der Waals surface area contributed by atoms with Gasteiger partial charge in [-0.3, -0.25) is 4.79 Å². The summed E-state index contributed by atoms with van der Waals surface area (Å²) in [6, 6.07) is 4.71. The van der Waals surface area contributed by atoms with Crippen molar-refractivity contribution < 1.29 is 9.90 Å². The second kappa shape index (κ2) is 4.11. The van der Waals surface area contributed by atoms with Crippen LogP contribution in [0.15, 0.2) is 18.2 Å². The van der Waals surface area contributed by atoms with Gasteiger partial charge >= 0.3 is 0 Å². The fraction of sp³-hybridized carbons (Fsp3) is 0.300. The molecule has 0 aliphatic rings. The third kappa shape index (κ3) is 2.23. The Kier molecular flexibility index (Phi) is 3.09. The number of para-hydroxylation sites is 1. The average molecular weight is 194 g/mol. The molecule has 4 nitrogen and oxygen atoms in total. The number of hydrogen-bond donors (Lipinski definition) is 3. The lowest BCUT2D eigenvalue weighted by atomic mass is 10.0. The highest BCUT2D eigenvalue weighted by Crippen LogP contribution is 2.27. The maximum absolute atomic E-state index is 10.6. The van der Waals surface area contributed by atoms with Crippen molar-refractivity contribution in [3.8, 4) is 5.75 Å². The molecule has 76 valence electrons. The minimum absolute atomic E-state index is 0.0387. The molecule has 1 unspecified atom stereocenters. The molecule has 0 fully saturated rings. The Labute approximate surface area is 82.5 Å². The van der Waals surface area contributed by atoms with Crippen LogP contribution in [0.2, 0.25) is 0 Å². The molecular formula is C10H14N2O2. The third-order valence-electron chi connectivity index (χ3n) is 2.09. The second-order valence-corrected chi connectivity index (χ2v) is 3.29. The van der Waals surface area contributed by atoms with E-state index >= 15 is 0 Å². The molecule has 0 aromatic heterocycles. The summed E-state index contributed by atoms with van der Waals surface area (Å²) in [7, 11) is 0. The molecule has 0 aliphatic carbocycles. The summed E-state index contributed by atoms with van der Waals surface area (Å²) in [5.41, 5.74) is 12.0. The lowest BCUT2D eigenvalue weighted by molar-refractivity contribution is -0.118. The molecule has 4 heteroatoms. The van der Waals surface area contributed by atoms with Crippen LogP contribution in [0.25, 0.3) is 0 Å². The zero-order chi connectivity index (χ0) is 10.7. The summed E-state index contributed by atoms with van der Waals surface area (Å²) in [5.74, 6) is -0.334. The van der Waals surface area contributed by atoms with E-state index in [2.05, 4.69) is 0 Å². The highest BCUT2D eigenvalue weighted by molar-refractivity contribution is 5.74. The quantitative estimate of drug-likeness (QED) is 0.657. The monoisotopic (exact) mass is 194 g/mol. The number of phenols is 1. The van der Waals surface area contributed by atoms with Crippen LogP contribution in [0, 0.1) is 6.92 Å². The van der Waals surface area contributed by atoms with E-state index in [1.165, 1.54) is 0 Å². The van der Waals surface area contributed by atoms with Gasteiger partial charge in [0.2, 0.25) is 5.91 Å². The molecule has 0 saturated heterocycles. The average Bonchev–Trinajstić information content (AvgIpc) is 2.08. The van der Waals surface area contributed by atoms with E-state index < -0.39 is 11.9 Å². The van der Waals surface area contributed by atoms with Crippen molar-refractivity contribution in [2.24, 2.45) is 11.5 Å². The van der Waals surface area contributed by atoms with E-state index in [4.69, 9.17) is 11.5 Å². The van der Waals surface area contributed by atoms with Crippen molar-refractivity contribution in [3.63, 3.8) is 0 Å². The maximum Gasteiger partial charge on any atom is 0.219 e. The smallest absolute Gasteiger partial charge is 0.219 e. The van der Waals surface area contributed by atoms with Crippen LogP contribution in [0.1, 0.15) is 23.6 Å². The van der Waals surface area contributed by atoms with Crippen LogP contribution < -0.4 is 11.5 Å². The van der Waals surface area contributed by atoms with Crippen LogP contribution >= 0.6 is 0 Å². The Morgan fingerprint density at radius 1 is 1.57 bits per heavy atom. The molecule has 14 heavy (non-hydrogen) atoms. The molecule has 1 amide bonds. The molecule has 0 radical (unpaired) electrons. The van der Waals surface area contributed by atoms with Crippen molar-refractivity contribution in [1.82, 2.24) is 0 Å². The summed E-state index contributed by atoms with van der Waals surface area (Å²) < 4.78 is 0. The lowest BCUT2D eigenvalue weighted by Crippen LogP contribution is -2.20. The molecule has 0 aliphatic heterocycles. The highest BCUT2D eigenvalue weighted by Gasteiger charge is 2.13. The van der Waals surface area contributed by atoms with Crippen LogP contribution in [-0.2, 0) is 4.79 Å². The van der Waals surface area contributed by atoms with Gasteiger partial charge in [-0.1, -0.05) is 18.2 Å². The summed E-state index contributed by atoms with van der Waals surface area (Å²) in [6.45, 7) is 1.77. The van der Waals surface area contributed by atoms with Crippen molar-refractivity contribution >= 4 is 5.91 Å². The van der Waals surface area contributed by atoms with E-state index in [1.54, 1.807) is 25.1 Å². The molecule has 5 N–H and O–H groups in total. The van der Waals surface area contributed by atoms with E-state index in [0.717, 1.165) is 5.56 Å². The first-order valence-corrected chi connectivity index (χ1v) is 4.34. The predicted molar refractivity (Wildman–Crippen MR) is 53.6 cm³/mol. The number of hydrogen-bond acceptors (Lipinski definition) is 3. The van der Waals surface area contributed by atoms with Crippen molar-refractivity contribution in [2.75, 3.05) is 0 Å². The summed E-state index contributed by atoms with van der Waals surface area (Å²) in [5, 5.41) is 9.65. The molecule has 1 rings (SSSR count). The predicted octanol–water partition coefficient (Wildman–Crippen LogP) is 0.576. The minimum Gasteiger partial charge on any atom is -0.507 e. The van der Waals surface area contributed by atoms with E-state index in [1.807, 2.05) is 0 Å². The number of nitrogens with two attached hydrogens (primary N) is 2. The standard InChI is InChI=1S/C10H14N2O2/c1-6-3-2-4-7(10(6)14)8(11)5-9(12)13/h2-4,8,14H,5,11H2,1H3,(H2,12,13). The van der Waals surface area contributed by atoms with Crippen LogP contribution in [0.4, 0.5) is 0 Å². The van der Waals surface area contributed by atoms with E-state index in [0.29, 0.717) is 5.56 Å². The Morgan fingerprint density at radius 3 is 2.79 bits per heavy atom. The van der Waals surface area contributed by atoms with Gasteiger partial charge in [0, 0.05) is 18.0 Å². The topological polar surface area (TPSA) is 89.3 Å². The molecule has 0 bridgehead atoms. The van der Waals surface area contributed by atoms with Crippen LogP contribution in [0.5, 0.6) is 5.75 Å². The molecule has 0 saturated carbocycles. The Bertz CT molecular complexity index is 350. The SMILES string of the molecule is Cc1cccc(C(N)CC(N)=O)c1O. The first-order valence-electron chi connectivity index (χ1n) is 4.34. The van der Waals surface area contributed by atoms with Gasteiger partial charge in [-0.15, -0.1) is 0 Å². The van der Waals surface area contributed by atoms with Gasteiger partial charge in [-0.25, -0.2) is 0 Å². The molecule has 0 heterocycles. The number of carbonyl (C=O) groups is 1.